The largest absolute Gasteiger partial charge is 0.402 e. The predicted molar refractivity (Wildman–Crippen MR) is 59.0 cm³/mol. The van der Waals surface area contributed by atoms with Gasteiger partial charge in [0.05, 0.1) is 6.61 Å². The van der Waals surface area contributed by atoms with Crippen molar-refractivity contribution in [2.75, 3.05) is 19.7 Å². The van der Waals surface area contributed by atoms with E-state index in [4.69, 9.17) is 5.11 Å². The van der Waals surface area contributed by atoms with Gasteiger partial charge in [0.15, 0.2) is 0 Å². The summed E-state index contributed by atoms with van der Waals surface area (Å²) in [6.07, 6.45) is -1.97. The van der Waals surface area contributed by atoms with E-state index in [1.807, 2.05) is 0 Å². The van der Waals surface area contributed by atoms with E-state index in [1.165, 1.54) is 4.72 Å². The number of nitrogens with one attached hydrogen (secondary N) is 1. The second kappa shape index (κ2) is 6.18. The van der Waals surface area contributed by atoms with Gasteiger partial charge in [0.2, 0.25) is 0 Å². The molecule has 0 aromatic rings. The molecule has 1 aliphatic heterocycles. The molecule has 1 unspecified atom stereocenters. The Kier molecular flexibility index (Phi) is 5.38. The van der Waals surface area contributed by atoms with Gasteiger partial charge in [-0.25, -0.2) is 0 Å². The van der Waals surface area contributed by atoms with Crippen molar-refractivity contribution in [3.63, 3.8) is 0 Å². The summed E-state index contributed by atoms with van der Waals surface area (Å²) in [6.45, 7) is -1.84. The molecule has 0 amide bonds. The number of nitrogens with zero attached hydrogens (tertiary/aromatic N) is 1. The highest BCUT2D eigenvalue weighted by molar-refractivity contribution is 7.87. The van der Waals surface area contributed by atoms with Gasteiger partial charge in [0.25, 0.3) is 10.2 Å². The third-order valence-corrected chi connectivity index (χ3v) is 4.40. The number of halogens is 3. The number of hydrogen-bond acceptors (Lipinski definition) is 3. The molecule has 0 radical (unpaired) electrons. The molecular weight excluding hydrogens is 273 g/mol. The van der Waals surface area contributed by atoms with Crippen LogP contribution in [0.2, 0.25) is 0 Å². The SMILES string of the molecule is O=S(=O)(NCC(F)(F)F)N1CCCCCC1CO. The molecule has 2 N–H and O–H groups in total. The lowest BCUT2D eigenvalue weighted by atomic mass is 10.1. The lowest BCUT2D eigenvalue weighted by molar-refractivity contribution is -0.121. The zero-order valence-electron chi connectivity index (χ0n) is 9.78. The van der Waals surface area contributed by atoms with Crippen LogP contribution in [0, 0.1) is 0 Å². The second-order valence-electron chi connectivity index (χ2n) is 4.24. The number of aliphatic hydroxyl groups excluding tert-OH is 1. The van der Waals surface area contributed by atoms with Crippen LogP contribution < -0.4 is 4.72 Å². The van der Waals surface area contributed by atoms with Gasteiger partial charge >= 0.3 is 6.18 Å². The van der Waals surface area contributed by atoms with Crippen molar-refractivity contribution in [2.45, 2.75) is 37.9 Å². The molecule has 9 heteroatoms. The Morgan fingerprint density at radius 2 is 1.94 bits per heavy atom. The Bertz CT molecular complexity index is 359. The summed E-state index contributed by atoms with van der Waals surface area (Å²) in [6, 6.07) is -0.641. The monoisotopic (exact) mass is 290 g/mol. The first kappa shape index (κ1) is 15.7. The van der Waals surface area contributed by atoms with Gasteiger partial charge in [-0.1, -0.05) is 12.8 Å². The maximum Gasteiger partial charge on any atom is 0.402 e. The quantitative estimate of drug-likeness (QED) is 0.797. The molecule has 0 aromatic carbocycles. The molecule has 0 saturated carbocycles. The first-order chi connectivity index (χ1) is 8.26. The smallest absolute Gasteiger partial charge is 0.395 e. The minimum Gasteiger partial charge on any atom is -0.395 e. The summed E-state index contributed by atoms with van der Waals surface area (Å²) < 4.78 is 62.0. The fraction of sp³-hybridized carbons (Fsp3) is 1.00. The number of hydrogen-bond donors (Lipinski definition) is 2. The Morgan fingerprint density at radius 1 is 1.28 bits per heavy atom. The number of rotatable bonds is 4. The zero-order chi connectivity index (χ0) is 13.8. The molecule has 1 atom stereocenters. The van der Waals surface area contributed by atoms with Crippen molar-refractivity contribution < 1.29 is 26.7 Å². The van der Waals surface area contributed by atoms with Crippen LogP contribution in [-0.4, -0.2) is 49.7 Å². The van der Waals surface area contributed by atoms with E-state index in [-0.39, 0.29) is 13.2 Å². The molecule has 1 heterocycles. The maximum atomic E-state index is 12.0. The fourth-order valence-corrected chi connectivity index (χ4v) is 3.35. The zero-order valence-corrected chi connectivity index (χ0v) is 10.6. The van der Waals surface area contributed by atoms with Crippen molar-refractivity contribution in [1.82, 2.24) is 9.03 Å². The molecule has 1 aliphatic rings. The van der Waals surface area contributed by atoms with E-state index >= 15 is 0 Å². The average molecular weight is 290 g/mol. The lowest BCUT2D eigenvalue weighted by Crippen LogP contribution is -2.49. The number of aliphatic hydroxyl groups is 1. The summed E-state index contributed by atoms with van der Waals surface area (Å²) in [5.74, 6) is 0. The van der Waals surface area contributed by atoms with Crippen LogP contribution in [0.4, 0.5) is 13.2 Å². The van der Waals surface area contributed by atoms with Gasteiger partial charge in [-0.3, -0.25) is 0 Å². The minimum absolute atomic E-state index is 0.137. The molecule has 1 fully saturated rings. The first-order valence-corrected chi connectivity index (χ1v) is 7.14. The van der Waals surface area contributed by atoms with Gasteiger partial charge in [-0.05, 0) is 12.8 Å². The van der Waals surface area contributed by atoms with Crippen LogP contribution >= 0.6 is 0 Å². The van der Waals surface area contributed by atoms with Crippen molar-refractivity contribution >= 4 is 10.2 Å². The van der Waals surface area contributed by atoms with Crippen LogP contribution in [0.3, 0.4) is 0 Å². The Labute approximate surface area is 104 Å². The Balaban J connectivity index is 2.74. The summed E-state index contributed by atoms with van der Waals surface area (Å²) in [4.78, 5) is 0. The molecule has 108 valence electrons. The molecular formula is C9H17F3N2O3S. The molecule has 0 bridgehead atoms. The lowest BCUT2D eigenvalue weighted by Gasteiger charge is -2.27. The molecule has 18 heavy (non-hydrogen) atoms. The highest BCUT2D eigenvalue weighted by Gasteiger charge is 2.35. The maximum absolute atomic E-state index is 12.0. The molecule has 1 saturated heterocycles. The van der Waals surface area contributed by atoms with Crippen molar-refractivity contribution in [3.8, 4) is 0 Å². The predicted octanol–water partition coefficient (Wildman–Crippen LogP) is 0.620. The Hall–Kier alpha value is -0.380. The van der Waals surface area contributed by atoms with Crippen molar-refractivity contribution in [1.29, 1.82) is 0 Å². The molecule has 5 nitrogen and oxygen atoms in total. The van der Waals surface area contributed by atoms with Crippen molar-refractivity contribution in [2.24, 2.45) is 0 Å². The highest BCUT2D eigenvalue weighted by atomic mass is 32.2. The van der Waals surface area contributed by atoms with Gasteiger partial charge < -0.3 is 5.11 Å². The molecule has 0 spiro atoms. The van der Waals surface area contributed by atoms with Crippen molar-refractivity contribution in [3.05, 3.63) is 0 Å². The van der Waals surface area contributed by atoms with Gasteiger partial charge in [-0.15, -0.1) is 0 Å². The Morgan fingerprint density at radius 3 is 2.50 bits per heavy atom. The molecule has 0 aromatic heterocycles. The first-order valence-electron chi connectivity index (χ1n) is 5.70. The number of alkyl halides is 3. The van der Waals surface area contributed by atoms with E-state index < -0.39 is 29.0 Å². The summed E-state index contributed by atoms with van der Waals surface area (Å²) in [7, 11) is -4.20. The normalized spacial score (nSPS) is 23.9. The summed E-state index contributed by atoms with van der Waals surface area (Å²) >= 11 is 0. The molecule has 1 rings (SSSR count). The van der Waals surface area contributed by atoms with Crippen LogP contribution in [0.1, 0.15) is 25.7 Å². The van der Waals surface area contributed by atoms with E-state index in [0.29, 0.717) is 12.8 Å². The highest BCUT2D eigenvalue weighted by Crippen LogP contribution is 2.20. The minimum atomic E-state index is -4.59. The van der Waals surface area contributed by atoms with Crippen LogP contribution in [0.25, 0.3) is 0 Å². The third-order valence-electron chi connectivity index (χ3n) is 2.80. The van der Waals surface area contributed by atoms with Gasteiger partial charge in [-0.2, -0.15) is 30.6 Å². The summed E-state index contributed by atoms with van der Waals surface area (Å²) in [5.41, 5.74) is 0. The van der Waals surface area contributed by atoms with Crippen LogP contribution in [-0.2, 0) is 10.2 Å². The van der Waals surface area contributed by atoms with Gasteiger partial charge in [0.1, 0.15) is 6.54 Å². The van der Waals surface area contributed by atoms with Crippen LogP contribution in [0.5, 0.6) is 0 Å². The fourth-order valence-electron chi connectivity index (χ4n) is 1.91. The van der Waals surface area contributed by atoms with Gasteiger partial charge in [0, 0.05) is 12.6 Å². The van der Waals surface area contributed by atoms with E-state index in [2.05, 4.69) is 0 Å². The summed E-state index contributed by atoms with van der Waals surface area (Å²) in [5, 5.41) is 9.12. The average Bonchev–Trinajstić information content (AvgIpc) is 2.50. The molecule has 0 aliphatic carbocycles. The topological polar surface area (TPSA) is 69.6 Å². The third kappa shape index (κ3) is 4.71. The van der Waals surface area contributed by atoms with Crippen LogP contribution in [0.15, 0.2) is 0 Å². The second-order valence-corrected chi connectivity index (χ2v) is 5.95. The van der Waals surface area contributed by atoms with E-state index in [0.717, 1.165) is 17.1 Å². The van der Waals surface area contributed by atoms with E-state index in [9.17, 15) is 21.6 Å². The van der Waals surface area contributed by atoms with E-state index in [1.54, 1.807) is 0 Å². The standard InChI is InChI=1S/C9H17F3N2O3S/c10-9(11,12)7-13-18(16,17)14-5-3-1-2-4-8(14)6-15/h8,13,15H,1-7H2.